The minimum atomic E-state index is -1.82. The first kappa shape index (κ1) is 5.40. The molecule has 0 aromatic heterocycles. The Morgan fingerprint density at radius 3 is 1.38 bits per heavy atom. The number of ketones is 2. The van der Waals surface area contributed by atoms with E-state index in [0.717, 1.165) is 0 Å². The van der Waals surface area contributed by atoms with Gasteiger partial charge in [0.25, 0.3) is 0 Å². The van der Waals surface area contributed by atoms with Crippen LogP contribution < -0.4 is 10.2 Å². The summed E-state index contributed by atoms with van der Waals surface area (Å²) in [6.07, 6.45) is -3.63. The van der Waals surface area contributed by atoms with E-state index in [1.165, 1.54) is 0 Å². The molecule has 0 aromatic rings. The molecular weight excluding hydrogens is 112 g/mol. The molecule has 44 valence electrons. The Balaban J connectivity index is 2.68. The summed E-state index contributed by atoms with van der Waals surface area (Å²) < 4.78 is 0. The quantitative estimate of drug-likeness (QED) is 0.307. The molecule has 0 heterocycles. The van der Waals surface area contributed by atoms with Crippen molar-refractivity contribution in [3.05, 3.63) is 0 Å². The summed E-state index contributed by atoms with van der Waals surface area (Å²) in [4.78, 5) is 19.8. The molecule has 8 heavy (non-hydrogen) atoms. The second kappa shape index (κ2) is 1.37. The smallest absolute Gasteiger partial charge is 0.183 e. The van der Waals surface area contributed by atoms with Gasteiger partial charge in [0.2, 0.25) is 0 Å². The first-order valence-electron chi connectivity index (χ1n) is 2.04. The average molecular weight is 114 g/mol. The van der Waals surface area contributed by atoms with Crippen molar-refractivity contribution in [2.45, 2.75) is 12.2 Å². The molecule has 0 saturated heterocycles. The molecule has 1 saturated carbocycles. The maximum atomic E-state index is 9.97. The standard InChI is InChI=1S/C4H2O4/c5-1-2(6)4(8)3(1)7/h1-2H/q-2. The molecule has 0 amide bonds. The van der Waals surface area contributed by atoms with Gasteiger partial charge >= 0.3 is 0 Å². The lowest BCUT2D eigenvalue weighted by Gasteiger charge is -2.42. The molecule has 1 aliphatic carbocycles. The maximum Gasteiger partial charge on any atom is 0.183 e. The average Bonchev–Trinajstić information content (AvgIpc) is 1.83. The zero-order valence-electron chi connectivity index (χ0n) is 3.79. The maximum absolute atomic E-state index is 9.97. The van der Waals surface area contributed by atoms with E-state index in [1.54, 1.807) is 0 Å². The number of hydrogen-bond acceptors (Lipinski definition) is 4. The van der Waals surface area contributed by atoms with Gasteiger partial charge in [0.05, 0.1) is 0 Å². The molecule has 2 unspecified atom stereocenters. The van der Waals surface area contributed by atoms with Crippen molar-refractivity contribution >= 4 is 11.6 Å². The van der Waals surface area contributed by atoms with Gasteiger partial charge in [-0.05, 0) is 0 Å². The number of carbonyl (C=O) groups is 2. The first-order chi connectivity index (χ1) is 3.64. The Hall–Kier alpha value is -0.740. The largest absolute Gasteiger partial charge is 0.847 e. The SMILES string of the molecule is O=C1C(=O)C([O-])C1[O-]. The van der Waals surface area contributed by atoms with E-state index < -0.39 is 23.8 Å². The molecule has 0 aliphatic heterocycles. The highest BCUT2D eigenvalue weighted by Gasteiger charge is 2.32. The lowest BCUT2D eigenvalue weighted by atomic mass is 9.89. The molecule has 0 aromatic carbocycles. The van der Waals surface area contributed by atoms with Crippen molar-refractivity contribution in [1.29, 1.82) is 0 Å². The van der Waals surface area contributed by atoms with Crippen LogP contribution in [0.4, 0.5) is 0 Å². The van der Waals surface area contributed by atoms with Crippen molar-refractivity contribution in [2.24, 2.45) is 0 Å². The molecule has 1 aliphatic rings. The highest BCUT2D eigenvalue weighted by molar-refractivity contribution is 6.47. The van der Waals surface area contributed by atoms with Crippen molar-refractivity contribution < 1.29 is 19.8 Å². The Morgan fingerprint density at radius 1 is 1.00 bits per heavy atom. The van der Waals surface area contributed by atoms with Gasteiger partial charge in [-0.1, -0.05) is 12.2 Å². The van der Waals surface area contributed by atoms with Crippen LogP contribution >= 0.6 is 0 Å². The van der Waals surface area contributed by atoms with Crippen LogP contribution in [0.2, 0.25) is 0 Å². The van der Waals surface area contributed by atoms with Crippen LogP contribution in [0.15, 0.2) is 0 Å². The molecule has 0 radical (unpaired) electrons. The highest BCUT2D eigenvalue weighted by atomic mass is 16.4. The minimum absolute atomic E-state index is 1.06. The van der Waals surface area contributed by atoms with Gasteiger partial charge in [0.1, 0.15) is 0 Å². The number of carbonyl (C=O) groups excluding carboxylic acids is 2. The normalized spacial score (nSPS) is 37.2. The summed E-state index contributed by atoms with van der Waals surface area (Å²) in [5, 5.41) is 19.9. The van der Waals surface area contributed by atoms with Crippen molar-refractivity contribution in [2.75, 3.05) is 0 Å². The Labute approximate surface area is 44.7 Å². The summed E-state index contributed by atoms with van der Waals surface area (Å²) in [7, 11) is 0. The molecule has 0 bridgehead atoms. The first-order valence-corrected chi connectivity index (χ1v) is 2.04. The lowest BCUT2D eigenvalue weighted by molar-refractivity contribution is -0.510. The van der Waals surface area contributed by atoms with Gasteiger partial charge in [-0.2, -0.15) is 0 Å². The van der Waals surface area contributed by atoms with E-state index >= 15 is 0 Å². The summed E-state index contributed by atoms with van der Waals surface area (Å²) in [5.74, 6) is -2.13. The molecule has 0 spiro atoms. The van der Waals surface area contributed by atoms with Crippen LogP contribution in [0.25, 0.3) is 0 Å². The Bertz CT molecular complexity index is 132. The fourth-order valence-electron chi connectivity index (χ4n) is 0.459. The van der Waals surface area contributed by atoms with E-state index in [-0.39, 0.29) is 0 Å². The number of rotatable bonds is 0. The lowest BCUT2D eigenvalue weighted by Crippen LogP contribution is -2.69. The Morgan fingerprint density at radius 2 is 1.25 bits per heavy atom. The van der Waals surface area contributed by atoms with Gasteiger partial charge in [0, 0.05) is 0 Å². The third-order valence-corrected chi connectivity index (χ3v) is 1.03. The van der Waals surface area contributed by atoms with E-state index in [9.17, 15) is 19.8 Å². The molecule has 2 atom stereocenters. The van der Waals surface area contributed by atoms with Gasteiger partial charge < -0.3 is 10.2 Å². The van der Waals surface area contributed by atoms with Gasteiger partial charge in [-0.15, -0.1) is 0 Å². The molecule has 4 heteroatoms. The van der Waals surface area contributed by atoms with E-state index in [4.69, 9.17) is 0 Å². The second-order valence-corrected chi connectivity index (χ2v) is 1.57. The Kier molecular flexibility index (Phi) is 0.922. The third kappa shape index (κ3) is 0.410. The van der Waals surface area contributed by atoms with Crippen LogP contribution in [0.5, 0.6) is 0 Å². The summed E-state index contributed by atoms with van der Waals surface area (Å²) in [6.45, 7) is 0. The fraction of sp³-hybridized carbons (Fsp3) is 0.500. The molecule has 4 nitrogen and oxygen atoms in total. The topological polar surface area (TPSA) is 80.3 Å². The summed E-state index contributed by atoms with van der Waals surface area (Å²) in [6, 6.07) is 0. The van der Waals surface area contributed by atoms with Crippen LogP contribution in [0, 0.1) is 0 Å². The van der Waals surface area contributed by atoms with Crippen LogP contribution in [0.1, 0.15) is 0 Å². The zero-order chi connectivity index (χ0) is 6.31. The van der Waals surface area contributed by atoms with Crippen LogP contribution in [0.3, 0.4) is 0 Å². The van der Waals surface area contributed by atoms with Gasteiger partial charge in [-0.25, -0.2) is 0 Å². The fourth-order valence-corrected chi connectivity index (χ4v) is 0.459. The molecule has 1 fully saturated rings. The number of hydrogen-bond donors (Lipinski definition) is 0. The minimum Gasteiger partial charge on any atom is -0.847 e. The predicted molar refractivity (Wildman–Crippen MR) is 17.6 cm³/mol. The van der Waals surface area contributed by atoms with Crippen LogP contribution in [-0.2, 0) is 9.59 Å². The van der Waals surface area contributed by atoms with Gasteiger partial charge in [0.15, 0.2) is 11.6 Å². The monoisotopic (exact) mass is 114 g/mol. The van der Waals surface area contributed by atoms with Gasteiger partial charge in [-0.3, -0.25) is 9.59 Å². The van der Waals surface area contributed by atoms with E-state index in [2.05, 4.69) is 0 Å². The van der Waals surface area contributed by atoms with Crippen molar-refractivity contribution in [3.63, 3.8) is 0 Å². The predicted octanol–water partition coefficient (Wildman–Crippen LogP) is -3.40. The van der Waals surface area contributed by atoms with Crippen molar-refractivity contribution in [1.82, 2.24) is 0 Å². The van der Waals surface area contributed by atoms with Crippen LogP contribution in [-0.4, -0.2) is 23.8 Å². The van der Waals surface area contributed by atoms with E-state index in [1.807, 2.05) is 0 Å². The second-order valence-electron chi connectivity index (χ2n) is 1.57. The molecule has 1 rings (SSSR count). The molecule has 0 N–H and O–H groups in total. The zero-order valence-corrected chi connectivity index (χ0v) is 3.79. The number of Topliss-reactive ketones (excluding diaryl/α,β-unsaturated/α-hetero) is 2. The highest BCUT2D eigenvalue weighted by Crippen LogP contribution is 2.03. The summed E-state index contributed by atoms with van der Waals surface area (Å²) >= 11 is 0. The third-order valence-electron chi connectivity index (χ3n) is 1.03. The summed E-state index contributed by atoms with van der Waals surface area (Å²) in [5.41, 5.74) is 0. The van der Waals surface area contributed by atoms with E-state index in [0.29, 0.717) is 0 Å². The van der Waals surface area contributed by atoms with Crippen molar-refractivity contribution in [3.8, 4) is 0 Å². The molecular formula is C4H2O4-2.